The van der Waals surface area contributed by atoms with Crippen LogP contribution in [0.3, 0.4) is 0 Å². The molecule has 2 aromatic rings. The Bertz CT molecular complexity index is 1100. The summed E-state index contributed by atoms with van der Waals surface area (Å²) in [6, 6.07) is 8.68. The molecule has 1 fully saturated rings. The van der Waals surface area contributed by atoms with Gasteiger partial charge < -0.3 is 19.5 Å². The van der Waals surface area contributed by atoms with E-state index in [1.807, 2.05) is 0 Å². The number of aromatic nitrogens is 1. The Balaban J connectivity index is 1.45. The highest BCUT2D eigenvalue weighted by Gasteiger charge is 2.32. The maximum Gasteiger partial charge on any atom is 0.354 e. The van der Waals surface area contributed by atoms with E-state index < -0.39 is 21.9 Å². The number of aromatic carboxylic acids is 1. The summed E-state index contributed by atoms with van der Waals surface area (Å²) in [6.07, 6.45) is 0. The quantitative estimate of drug-likeness (QED) is 0.747. The molecule has 1 aromatic carbocycles. The monoisotopic (exact) mass is 433 g/mol. The molecule has 0 spiro atoms. The molecule has 0 unspecified atom stereocenters. The molecular weight excluding hydrogens is 414 g/mol. The van der Waals surface area contributed by atoms with Crippen molar-refractivity contribution in [2.45, 2.75) is 4.90 Å². The molecule has 1 N–H and O–H groups in total. The molecule has 0 saturated carbocycles. The first-order valence-corrected chi connectivity index (χ1v) is 10.7. The first-order valence-electron chi connectivity index (χ1n) is 9.26. The van der Waals surface area contributed by atoms with E-state index in [1.54, 1.807) is 6.07 Å². The summed E-state index contributed by atoms with van der Waals surface area (Å²) < 4.78 is 38.2. The topological polar surface area (TPSA) is 126 Å². The van der Waals surface area contributed by atoms with Gasteiger partial charge in [0.2, 0.25) is 10.0 Å². The van der Waals surface area contributed by atoms with Crippen molar-refractivity contribution in [3.63, 3.8) is 0 Å². The fourth-order valence-electron chi connectivity index (χ4n) is 3.30. The molecule has 0 atom stereocenters. The predicted molar refractivity (Wildman–Crippen MR) is 103 cm³/mol. The minimum atomic E-state index is -3.76. The van der Waals surface area contributed by atoms with Gasteiger partial charge in [-0.2, -0.15) is 4.31 Å². The SMILES string of the molecule is O=C(O)c1cccc(C(=O)N2CCN(S(=O)(=O)c3ccc4c(c3)OCCO4)CC2)n1. The van der Waals surface area contributed by atoms with Crippen LogP contribution in [0.15, 0.2) is 41.3 Å². The van der Waals surface area contributed by atoms with E-state index in [-0.39, 0.29) is 42.5 Å². The summed E-state index contributed by atoms with van der Waals surface area (Å²) in [4.78, 5) is 29.1. The average Bonchev–Trinajstić information content (AvgIpc) is 2.78. The lowest BCUT2D eigenvalue weighted by Crippen LogP contribution is -2.50. The van der Waals surface area contributed by atoms with Gasteiger partial charge in [-0.05, 0) is 24.3 Å². The Kier molecular flexibility index (Phi) is 5.31. The summed E-state index contributed by atoms with van der Waals surface area (Å²) in [6.45, 7) is 1.33. The smallest absolute Gasteiger partial charge is 0.354 e. The van der Waals surface area contributed by atoms with Gasteiger partial charge in [0, 0.05) is 32.2 Å². The van der Waals surface area contributed by atoms with Gasteiger partial charge >= 0.3 is 5.97 Å². The standard InChI is InChI=1S/C19H19N3O7S/c23-18(14-2-1-3-15(20-14)19(24)25)21-6-8-22(9-7-21)30(26,27)13-4-5-16-17(12-13)29-11-10-28-16/h1-5,12H,6-11H2,(H,24,25). The van der Waals surface area contributed by atoms with Gasteiger partial charge in [0.1, 0.15) is 24.6 Å². The van der Waals surface area contributed by atoms with E-state index in [0.717, 1.165) is 0 Å². The first-order chi connectivity index (χ1) is 14.4. The maximum absolute atomic E-state index is 13.0. The number of carboxylic acids is 1. The Labute approximate surface area is 172 Å². The summed E-state index contributed by atoms with van der Waals surface area (Å²) in [5.41, 5.74) is -0.210. The number of hydrogen-bond donors (Lipinski definition) is 1. The lowest BCUT2D eigenvalue weighted by atomic mass is 10.2. The van der Waals surface area contributed by atoms with Crippen molar-refractivity contribution in [1.82, 2.24) is 14.2 Å². The molecule has 4 rings (SSSR count). The van der Waals surface area contributed by atoms with Crippen molar-refractivity contribution >= 4 is 21.9 Å². The number of pyridine rings is 1. The zero-order chi connectivity index (χ0) is 21.3. The molecule has 2 aliphatic rings. The van der Waals surface area contributed by atoms with E-state index in [2.05, 4.69) is 4.98 Å². The van der Waals surface area contributed by atoms with Crippen molar-refractivity contribution in [2.24, 2.45) is 0 Å². The van der Waals surface area contributed by atoms with Crippen LogP contribution in [0, 0.1) is 0 Å². The Morgan fingerprint density at radius 1 is 0.933 bits per heavy atom. The fourth-order valence-corrected chi connectivity index (χ4v) is 4.74. The number of hydrogen-bond acceptors (Lipinski definition) is 7. The largest absolute Gasteiger partial charge is 0.486 e. The highest BCUT2D eigenvalue weighted by molar-refractivity contribution is 7.89. The molecule has 11 heteroatoms. The van der Waals surface area contributed by atoms with Crippen molar-refractivity contribution in [3.05, 3.63) is 47.8 Å². The van der Waals surface area contributed by atoms with Gasteiger partial charge in [0.15, 0.2) is 11.5 Å². The van der Waals surface area contributed by atoms with Crippen LogP contribution in [-0.2, 0) is 10.0 Å². The van der Waals surface area contributed by atoms with Crippen LogP contribution >= 0.6 is 0 Å². The Morgan fingerprint density at radius 2 is 1.60 bits per heavy atom. The van der Waals surface area contributed by atoms with Crippen LogP contribution in [0.2, 0.25) is 0 Å². The summed E-state index contributed by atoms with van der Waals surface area (Å²) >= 11 is 0. The van der Waals surface area contributed by atoms with Crippen LogP contribution < -0.4 is 9.47 Å². The number of nitrogens with zero attached hydrogens (tertiary/aromatic N) is 3. The van der Waals surface area contributed by atoms with Crippen molar-refractivity contribution in [1.29, 1.82) is 0 Å². The molecule has 2 aliphatic heterocycles. The average molecular weight is 433 g/mol. The number of piperazine rings is 1. The second kappa shape index (κ2) is 7.92. The third kappa shape index (κ3) is 3.81. The van der Waals surface area contributed by atoms with Crippen molar-refractivity contribution < 1.29 is 32.6 Å². The molecule has 0 radical (unpaired) electrons. The molecule has 10 nitrogen and oxygen atoms in total. The second-order valence-electron chi connectivity index (χ2n) is 6.71. The van der Waals surface area contributed by atoms with Gasteiger partial charge in [0.05, 0.1) is 4.90 Å². The zero-order valence-corrected chi connectivity index (χ0v) is 16.7. The highest BCUT2D eigenvalue weighted by atomic mass is 32.2. The number of fused-ring (bicyclic) bond motifs is 1. The summed E-state index contributed by atoms with van der Waals surface area (Å²) in [5.74, 6) is -0.762. The van der Waals surface area contributed by atoms with Gasteiger partial charge in [0.25, 0.3) is 5.91 Å². The van der Waals surface area contributed by atoms with Crippen molar-refractivity contribution in [3.8, 4) is 11.5 Å². The lowest BCUT2D eigenvalue weighted by molar-refractivity contribution is 0.0683. The van der Waals surface area contributed by atoms with Crippen LogP contribution in [0.25, 0.3) is 0 Å². The molecule has 1 amide bonds. The molecule has 1 aromatic heterocycles. The van der Waals surface area contributed by atoms with Gasteiger partial charge in [-0.3, -0.25) is 4.79 Å². The number of carbonyl (C=O) groups is 2. The van der Waals surface area contributed by atoms with E-state index >= 15 is 0 Å². The molecule has 3 heterocycles. The van der Waals surface area contributed by atoms with E-state index in [4.69, 9.17) is 14.6 Å². The minimum absolute atomic E-state index is 0.0121. The molecule has 0 aliphatic carbocycles. The van der Waals surface area contributed by atoms with Crippen LogP contribution in [-0.4, -0.2) is 79.0 Å². The maximum atomic E-state index is 13.0. The van der Waals surface area contributed by atoms with Crippen molar-refractivity contribution in [2.75, 3.05) is 39.4 Å². The Morgan fingerprint density at radius 3 is 2.30 bits per heavy atom. The highest BCUT2D eigenvalue weighted by Crippen LogP contribution is 2.33. The molecular formula is C19H19N3O7S. The van der Waals surface area contributed by atoms with Gasteiger partial charge in [-0.15, -0.1) is 0 Å². The van der Waals surface area contributed by atoms with Crippen LogP contribution in [0.5, 0.6) is 11.5 Å². The Hall–Kier alpha value is -3.18. The third-order valence-corrected chi connectivity index (χ3v) is 6.76. The van der Waals surface area contributed by atoms with Crippen LogP contribution in [0.1, 0.15) is 21.0 Å². The molecule has 158 valence electrons. The zero-order valence-electron chi connectivity index (χ0n) is 15.9. The fraction of sp³-hybridized carbons (Fsp3) is 0.316. The first kappa shape index (κ1) is 20.1. The van der Waals surface area contributed by atoms with E-state index in [1.165, 1.54) is 39.5 Å². The number of ether oxygens (including phenoxy) is 2. The molecule has 1 saturated heterocycles. The normalized spacial score (nSPS) is 16.9. The third-order valence-electron chi connectivity index (χ3n) is 4.86. The second-order valence-corrected chi connectivity index (χ2v) is 8.65. The van der Waals surface area contributed by atoms with Gasteiger partial charge in [-0.1, -0.05) is 6.07 Å². The lowest BCUT2D eigenvalue weighted by Gasteiger charge is -2.34. The van der Waals surface area contributed by atoms with E-state index in [0.29, 0.717) is 24.7 Å². The minimum Gasteiger partial charge on any atom is -0.486 e. The number of carbonyl (C=O) groups excluding carboxylic acids is 1. The van der Waals surface area contributed by atoms with E-state index in [9.17, 15) is 18.0 Å². The number of benzene rings is 1. The molecule has 30 heavy (non-hydrogen) atoms. The molecule has 0 bridgehead atoms. The summed E-state index contributed by atoms with van der Waals surface area (Å²) in [7, 11) is -3.76. The van der Waals surface area contributed by atoms with Crippen LogP contribution in [0.4, 0.5) is 0 Å². The number of rotatable bonds is 4. The number of sulfonamides is 1. The predicted octanol–water partition coefficient (Wildman–Crippen LogP) is 0.698. The number of carboxylic acid groups (broad SMARTS) is 1. The summed E-state index contributed by atoms with van der Waals surface area (Å²) in [5, 5.41) is 9.03. The van der Waals surface area contributed by atoms with Gasteiger partial charge in [-0.25, -0.2) is 18.2 Å². The number of amides is 1.